The molecule has 0 aromatic carbocycles. The van der Waals surface area contributed by atoms with Crippen LogP contribution in [-0.4, -0.2) is 77.1 Å². The predicted octanol–water partition coefficient (Wildman–Crippen LogP) is 0.596. The maximum atomic E-state index is 12.8. The van der Waals surface area contributed by atoms with E-state index in [1.165, 1.54) is 4.90 Å². The van der Waals surface area contributed by atoms with E-state index in [1.807, 2.05) is 18.2 Å². The number of fused-ring (bicyclic) bond motifs is 5. The van der Waals surface area contributed by atoms with Crippen molar-refractivity contribution < 1.29 is 14.7 Å². The van der Waals surface area contributed by atoms with Crippen LogP contribution in [-0.2, 0) is 9.59 Å². The zero-order chi connectivity index (χ0) is 19.3. The number of imide groups is 1. The average molecular weight is 384 g/mol. The predicted molar refractivity (Wildman–Crippen MR) is 103 cm³/mol. The van der Waals surface area contributed by atoms with Gasteiger partial charge < -0.3 is 10.0 Å². The number of aliphatic hydroxyl groups excluding tert-OH is 1. The van der Waals surface area contributed by atoms with Gasteiger partial charge >= 0.3 is 0 Å². The number of nitrogens with zero attached hydrogens (tertiary/aromatic N) is 4. The Balaban J connectivity index is 1.14. The third-order valence-electron chi connectivity index (χ3n) is 7.23. The molecule has 1 aromatic rings. The molecule has 0 radical (unpaired) electrons. The molecule has 2 saturated heterocycles. The van der Waals surface area contributed by atoms with E-state index in [0.717, 1.165) is 51.3 Å². The molecule has 28 heavy (non-hydrogen) atoms. The van der Waals surface area contributed by atoms with Gasteiger partial charge in [-0.3, -0.25) is 19.4 Å². The zero-order valence-corrected chi connectivity index (χ0v) is 16.1. The summed E-state index contributed by atoms with van der Waals surface area (Å²) in [5, 5.41) is 10.6. The Morgan fingerprint density at radius 3 is 2.29 bits per heavy atom. The first-order valence-corrected chi connectivity index (χ1v) is 10.5. The summed E-state index contributed by atoms with van der Waals surface area (Å²) in [6.07, 6.45) is 4.33. The van der Waals surface area contributed by atoms with Gasteiger partial charge in [0.1, 0.15) is 5.82 Å². The lowest BCUT2D eigenvalue weighted by molar-refractivity contribution is -0.142. The van der Waals surface area contributed by atoms with E-state index in [0.29, 0.717) is 18.4 Å². The van der Waals surface area contributed by atoms with E-state index < -0.39 is 6.10 Å². The van der Waals surface area contributed by atoms with Crippen molar-refractivity contribution in [3.63, 3.8) is 0 Å². The number of carbonyl (C=O) groups excluding carboxylic acids is 2. The SMILES string of the molecule is O=C1C2C3CCC(C3)C2C(=O)N1CC(O)CN1CCN(c2ccccn2)CC1. The number of rotatable bonds is 5. The molecule has 1 aromatic heterocycles. The molecule has 0 spiro atoms. The van der Waals surface area contributed by atoms with Crippen LogP contribution < -0.4 is 4.90 Å². The lowest BCUT2D eigenvalue weighted by Gasteiger charge is -2.36. The third-order valence-corrected chi connectivity index (χ3v) is 7.23. The molecule has 5 unspecified atom stereocenters. The number of β-amino-alcohol motifs (C(OH)–C–C–N with tert-alkyl or cyclic N) is 1. The van der Waals surface area contributed by atoms with Crippen molar-refractivity contribution in [2.45, 2.75) is 25.4 Å². The lowest BCUT2D eigenvalue weighted by atomic mass is 9.81. The van der Waals surface area contributed by atoms with Crippen molar-refractivity contribution >= 4 is 17.6 Å². The topological polar surface area (TPSA) is 77.0 Å². The van der Waals surface area contributed by atoms with Gasteiger partial charge in [-0.2, -0.15) is 0 Å². The number of piperazine rings is 1. The molecule has 4 aliphatic rings. The van der Waals surface area contributed by atoms with E-state index in [9.17, 15) is 14.7 Å². The number of hydrogen-bond donors (Lipinski definition) is 1. The fourth-order valence-corrected chi connectivity index (χ4v) is 5.92. The summed E-state index contributed by atoms with van der Waals surface area (Å²) < 4.78 is 0. The summed E-state index contributed by atoms with van der Waals surface area (Å²) in [5.41, 5.74) is 0. The molecule has 2 aliphatic carbocycles. The summed E-state index contributed by atoms with van der Waals surface area (Å²) in [6.45, 7) is 4.04. The average Bonchev–Trinajstić information content (AvgIpc) is 3.39. The van der Waals surface area contributed by atoms with Gasteiger partial charge in [0.15, 0.2) is 0 Å². The van der Waals surface area contributed by atoms with Crippen LogP contribution in [0.15, 0.2) is 24.4 Å². The fraction of sp³-hybridized carbons (Fsp3) is 0.667. The molecular weight excluding hydrogens is 356 g/mol. The van der Waals surface area contributed by atoms with Crippen LogP contribution in [0.5, 0.6) is 0 Å². The first kappa shape index (κ1) is 18.1. The van der Waals surface area contributed by atoms with Crippen molar-refractivity contribution in [2.75, 3.05) is 44.2 Å². The molecule has 2 bridgehead atoms. The van der Waals surface area contributed by atoms with E-state index in [4.69, 9.17) is 0 Å². The molecular formula is C21H28N4O3. The van der Waals surface area contributed by atoms with Crippen LogP contribution in [0, 0.1) is 23.7 Å². The Kier molecular flexibility index (Phi) is 4.59. The quantitative estimate of drug-likeness (QED) is 0.749. The second kappa shape index (κ2) is 7.12. The van der Waals surface area contributed by atoms with Crippen LogP contribution in [0.4, 0.5) is 5.82 Å². The van der Waals surface area contributed by atoms with Crippen LogP contribution in [0.3, 0.4) is 0 Å². The van der Waals surface area contributed by atoms with Crippen LogP contribution >= 0.6 is 0 Å². The number of likely N-dealkylation sites (tertiary alicyclic amines) is 1. The standard InChI is InChI=1S/C21H28N4O3/c26-16(12-23-7-9-24(10-8-23)17-3-1-2-6-22-17)13-25-20(27)18-14-4-5-15(11-14)19(18)21(25)28/h1-3,6,14-16,18-19,26H,4-5,7-13H2. The minimum Gasteiger partial charge on any atom is -0.390 e. The fourth-order valence-electron chi connectivity index (χ4n) is 5.92. The Hall–Kier alpha value is -1.99. The molecule has 4 fully saturated rings. The molecule has 5 atom stereocenters. The van der Waals surface area contributed by atoms with Gasteiger partial charge in [-0.05, 0) is 43.2 Å². The van der Waals surface area contributed by atoms with E-state index in [-0.39, 0.29) is 30.2 Å². The number of anilines is 1. The summed E-state index contributed by atoms with van der Waals surface area (Å²) >= 11 is 0. The number of pyridine rings is 1. The van der Waals surface area contributed by atoms with Gasteiger partial charge in [-0.1, -0.05) is 6.07 Å². The Bertz CT molecular complexity index is 721. The Morgan fingerprint density at radius 1 is 1.00 bits per heavy atom. The number of hydrogen-bond acceptors (Lipinski definition) is 6. The van der Waals surface area contributed by atoms with Crippen LogP contribution in [0.1, 0.15) is 19.3 Å². The van der Waals surface area contributed by atoms with Gasteiger partial charge in [0, 0.05) is 38.9 Å². The monoisotopic (exact) mass is 384 g/mol. The van der Waals surface area contributed by atoms with Gasteiger partial charge in [-0.15, -0.1) is 0 Å². The van der Waals surface area contributed by atoms with Crippen molar-refractivity contribution in [2.24, 2.45) is 23.7 Å². The maximum absolute atomic E-state index is 12.8. The second-order valence-corrected chi connectivity index (χ2v) is 8.80. The number of aromatic nitrogens is 1. The van der Waals surface area contributed by atoms with Crippen molar-refractivity contribution in [1.82, 2.24) is 14.8 Å². The molecule has 2 amide bonds. The zero-order valence-electron chi connectivity index (χ0n) is 16.1. The van der Waals surface area contributed by atoms with E-state index in [1.54, 1.807) is 6.20 Å². The first-order chi connectivity index (χ1) is 13.6. The number of amides is 2. The van der Waals surface area contributed by atoms with E-state index >= 15 is 0 Å². The number of aliphatic hydroxyl groups is 1. The summed E-state index contributed by atoms with van der Waals surface area (Å²) in [7, 11) is 0. The van der Waals surface area contributed by atoms with Crippen molar-refractivity contribution in [1.29, 1.82) is 0 Å². The van der Waals surface area contributed by atoms with Gasteiger partial charge in [0.25, 0.3) is 0 Å². The molecule has 7 nitrogen and oxygen atoms in total. The van der Waals surface area contributed by atoms with Crippen molar-refractivity contribution in [3.05, 3.63) is 24.4 Å². The molecule has 7 heteroatoms. The van der Waals surface area contributed by atoms with Crippen LogP contribution in [0.2, 0.25) is 0 Å². The highest BCUT2D eigenvalue weighted by molar-refractivity contribution is 6.06. The summed E-state index contributed by atoms with van der Waals surface area (Å²) in [4.78, 5) is 35.8. The third kappa shape index (κ3) is 3.01. The highest BCUT2D eigenvalue weighted by Crippen LogP contribution is 2.56. The highest BCUT2D eigenvalue weighted by atomic mass is 16.3. The summed E-state index contributed by atoms with van der Waals surface area (Å²) in [5.74, 6) is 1.53. The van der Waals surface area contributed by atoms with Gasteiger partial charge in [-0.25, -0.2) is 4.98 Å². The lowest BCUT2D eigenvalue weighted by Crippen LogP contribution is -2.50. The van der Waals surface area contributed by atoms with Gasteiger partial charge in [0.05, 0.1) is 24.5 Å². The molecule has 3 heterocycles. The second-order valence-electron chi connectivity index (χ2n) is 8.80. The first-order valence-electron chi connectivity index (χ1n) is 10.5. The van der Waals surface area contributed by atoms with Crippen LogP contribution in [0.25, 0.3) is 0 Å². The smallest absolute Gasteiger partial charge is 0.233 e. The Labute approximate surface area is 165 Å². The number of carbonyl (C=O) groups is 2. The van der Waals surface area contributed by atoms with Crippen molar-refractivity contribution in [3.8, 4) is 0 Å². The van der Waals surface area contributed by atoms with Gasteiger partial charge in [0.2, 0.25) is 11.8 Å². The maximum Gasteiger partial charge on any atom is 0.233 e. The van der Waals surface area contributed by atoms with E-state index in [2.05, 4.69) is 14.8 Å². The largest absolute Gasteiger partial charge is 0.390 e. The minimum atomic E-state index is -0.689. The Morgan fingerprint density at radius 2 is 1.68 bits per heavy atom. The normalized spacial score (nSPS) is 33.6. The molecule has 1 N–H and O–H groups in total. The molecule has 5 rings (SSSR count). The molecule has 2 aliphatic heterocycles. The minimum absolute atomic E-state index is 0.0266. The molecule has 150 valence electrons. The summed E-state index contributed by atoms with van der Waals surface area (Å²) in [6, 6.07) is 5.92. The highest BCUT2D eigenvalue weighted by Gasteiger charge is 2.60. The molecule has 2 saturated carbocycles.